The first-order valence-corrected chi connectivity index (χ1v) is 5.25. The van der Waals surface area contributed by atoms with E-state index in [1.54, 1.807) is 7.11 Å². The van der Waals surface area contributed by atoms with Gasteiger partial charge >= 0.3 is 0 Å². The Morgan fingerprint density at radius 1 is 1.50 bits per heavy atom. The Labute approximate surface area is 90.8 Å². The molecule has 14 heavy (non-hydrogen) atoms. The van der Waals surface area contributed by atoms with Crippen molar-refractivity contribution in [2.45, 2.75) is 13.5 Å². The van der Waals surface area contributed by atoms with Crippen LogP contribution in [0.4, 0.5) is 0 Å². The van der Waals surface area contributed by atoms with E-state index in [-0.39, 0.29) is 0 Å². The smallest absolute Gasteiger partial charge is 0.119 e. The number of rotatable bonds is 2. The molecule has 0 aliphatic rings. The third kappa shape index (κ3) is 1.39. The molecule has 0 aliphatic carbocycles. The van der Waals surface area contributed by atoms with Gasteiger partial charge in [0.1, 0.15) is 10.4 Å². The van der Waals surface area contributed by atoms with Gasteiger partial charge in [-0.15, -0.1) is 0 Å². The zero-order valence-electron chi connectivity index (χ0n) is 8.12. The minimum atomic E-state index is 0.855. The van der Waals surface area contributed by atoms with Crippen LogP contribution in [0.5, 0.6) is 5.75 Å². The highest BCUT2D eigenvalue weighted by atomic mass is 79.9. The van der Waals surface area contributed by atoms with Gasteiger partial charge < -0.3 is 4.74 Å². The number of ether oxygens (including phenoxy) is 1. The van der Waals surface area contributed by atoms with Crippen molar-refractivity contribution in [3.8, 4) is 5.75 Å². The predicted octanol–water partition coefficient (Wildman–Crippen LogP) is 2.83. The fourth-order valence-electron chi connectivity index (χ4n) is 1.42. The van der Waals surface area contributed by atoms with Gasteiger partial charge in [-0.05, 0) is 41.1 Å². The highest BCUT2D eigenvalue weighted by molar-refractivity contribution is 9.10. The highest BCUT2D eigenvalue weighted by Crippen LogP contribution is 2.27. The van der Waals surface area contributed by atoms with Crippen LogP contribution in [0.1, 0.15) is 6.92 Å². The van der Waals surface area contributed by atoms with Crippen molar-refractivity contribution < 1.29 is 4.74 Å². The molecule has 0 bridgehead atoms. The van der Waals surface area contributed by atoms with Crippen LogP contribution in [0.25, 0.3) is 10.9 Å². The minimum Gasteiger partial charge on any atom is -0.497 e. The summed E-state index contributed by atoms with van der Waals surface area (Å²) >= 11 is 3.52. The van der Waals surface area contributed by atoms with Gasteiger partial charge in [0.05, 0.1) is 12.6 Å². The van der Waals surface area contributed by atoms with E-state index in [1.807, 2.05) is 22.9 Å². The Bertz CT molecular complexity index is 464. The molecule has 0 spiro atoms. The van der Waals surface area contributed by atoms with E-state index >= 15 is 0 Å². The summed E-state index contributed by atoms with van der Waals surface area (Å²) in [5.74, 6) is 0.855. The van der Waals surface area contributed by atoms with Crippen molar-refractivity contribution in [1.82, 2.24) is 9.78 Å². The SMILES string of the molecule is CCn1nc2ccc(OC)cc2c1Br. The molecule has 0 unspecified atom stereocenters. The first kappa shape index (κ1) is 9.52. The number of hydrogen-bond acceptors (Lipinski definition) is 2. The number of methoxy groups -OCH3 is 1. The molecule has 1 aromatic carbocycles. The second-order valence-electron chi connectivity index (χ2n) is 2.99. The van der Waals surface area contributed by atoms with Crippen molar-refractivity contribution in [2.75, 3.05) is 7.11 Å². The maximum atomic E-state index is 5.16. The maximum absolute atomic E-state index is 5.16. The van der Waals surface area contributed by atoms with Gasteiger partial charge in [-0.25, -0.2) is 0 Å². The van der Waals surface area contributed by atoms with Gasteiger partial charge in [0, 0.05) is 11.9 Å². The fraction of sp³-hybridized carbons (Fsp3) is 0.300. The second kappa shape index (κ2) is 3.61. The Hall–Kier alpha value is -1.03. The monoisotopic (exact) mass is 254 g/mol. The number of fused-ring (bicyclic) bond motifs is 1. The lowest BCUT2D eigenvalue weighted by Crippen LogP contribution is -1.95. The lowest BCUT2D eigenvalue weighted by Gasteiger charge is -1.98. The van der Waals surface area contributed by atoms with Gasteiger partial charge in [-0.3, -0.25) is 4.68 Å². The van der Waals surface area contributed by atoms with Gasteiger partial charge in [0.25, 0.3) is 0 Å². The Balaban J connectivity index is 2.68. The molecule has 0 saturated heterocycles. The van der Waals surface area contributed by atoms with Gasteiger partial charge in [0.15, 0.2) is 0 Å². The van der Waals surface area contributed by atoms with Crippen LogP contribution in [0.15, 0.2) is 22.8 Å². The van der Waals surface area contributed by atoms with E-state index in [1.165, 1.54) is 0 Å². The van der Waals surface area contributed by atoms with E-state index < -0.39 is 0 Å². The maximum Gasteiger partial charge on any atom is 0.119 e. The molecule has 0 fully saturated rings. The lowest BCUT2D eigenvalue weighted by molar-refractivity contribution is 0.415. The fourth-order valence-corrected chi connectivity index (χ4v) is 2.06. The Morgan fingerprint density at radius 2 is 2.29 bits per heavy atom. The summed E-state index contributed by atoms with van der Waals surface area (Å²) in [6.45, 7) is 2.92. The number of nitrogens with zero attached hydrogens (tertiary/aromatic N) is 2. The molecule has 3 nitrogen and oxygen atoms in total. The van der Waals surface area contributed by atoms with Crippen molar-refractivity contribution in [3.63, 3.8) is 0 Å². The van der Waals surface area contributed by atoms with Gasteiger partial charge in [-0.2, -0.15) is 5.10 Å². The van der Waals surface area contributed by atoms with Crippen LogP contribution in [-0.2, 0) is 6.54 Å². The molecule has 0 atom stereocenters. The largest absolute Gasteiger partial charge is 0.497 e. The minimum absolute atomic E-state index is 0.855. The van der Waals surface area contributed by atoms with E-state index in [9.17, 15) is 0 Å². The topological polar surface area (TPSA) is 27.1 Å². The van der Waals surface area contributed by atoms with Crippen molar-refractivity contribution in [3.05, 3.63) is 22.8 Å². The van der Waals surface area contributed by atoms with Gasteiger partial charge in [0.2, 0.25) is 0 Å². The number of aromatic nitrogens is 2. The van der Waals surface area contributed by atoms with Crippen LogP contribution in [0, 0.1) is 0 Å². The van der Waals surface area contributed by atoms with Crippen molar-refractivity contribution in [1.29, 1.82) is 0 Å². The third-order valence-electron chi connectivity index (χ3n) is 2.18. The van der Waals surface area contributed by atoms with Crippen molar-refractivity contribution in [2.24, 2.45) is 0 Å². The molecule has 1 heterocycles. The molecule has 2 aromatic rings. The Kier molecular flexibility index (Phi) is 2.46. The second-order valence-corrected chi connectivity index (χ2v) is 3.74. The summed E-state index contributed by atoms with van der Waals surface area (Å²) in [5, 5.41) is 5.51. The molecule has 74 valence electrons. The molecule has 0 N–H and O–H groups in total. The van der Waals surface area contributed by atoms with Crippen LogP contribution in [0.3, 0.4) is 0 Å². The molecule has 2 rings (SSSR count). The summed E-state index contributed by atoms with van der Waals surface area (Å²) in [6, 6.07) is 5.87. The predicted molar refractivity (Wildman–Crippen MR) is 59.7 cm³/mol. The van der Waals surface area contributed by atoms with E-state index in [2.05, 4.69) is 28.0 Å². The molecule has 0 aliphatic heterocycles. The van der Waals surface area contributed by atoms with Gasteiger partial charge in [-0.1, -0.05) is 0 Å². The normalized spacial score (nSPS) is 10.8. The first-order valence-electron chi connectivity index (χ1n) is 4.46. The summed E-state index contributed by atoms with van der Waals surface area (Å²) in [4.78, 5) is 0. The average Bonchev–Trinajstić information content (AvgIpc) is 2.55. The van der Waals surface area contributed by atoms with E-state index in [4.69, 9.17) is 4.74 Å². The molecule has 0 amide bonds. The van der Waals surface area contributed by atoms with Crippen LogP contribution in [-0.4, -0.2) is 16.9 Å². The molecule has 0 saturated carbocycles. The summed E-state index contributed by atoms with van der Waals surface area (Å²) in [5.41, 5.74) is 0.986. The zero-order valence-corrected chi connectivity index (χ0v) is 9.71. The third-order valence-corrected chi connectivity index (χ3v) is 3.02. The number of aryl methyl sites for hydroxylation is 1. The van der Waals surface area contributed by atoms with Crippen molar-refractivity contribution >= 4 is 26.8 Å². The number of benzene rings is 1. The quantitative estimate of drug-likeness (QED) is 0.825. The average molecular weight is 255 g/mol. The van der Waals surface area contributed by atoms with E-state index in [0.29, 0.717) is 0 Å². The Morgan fingerprint density at radius 3 is 2.93 bits per heavy atom. The zero-order chi connectivity index (χ0) is 10.1. The highest BCUT2D eigenvalue weighted by Gasteiger charge is 2.07. The molecule has 0 radical (unpaired) electrons. The first-order chi connectivity index (χ1) is 6.76. The molecular weight excluding hydrogens is 244 g/mol. The van der Waals surface area contributed by atoms with Crippen LogP contribution in [0.2, 0.25) is 0 Å². The number of halogens is 1. The standard InChI is InChI=1S/C10H11BrN2O/c1-3-13-10(11)8-6-7(14-2)4-5-9(8)12-13/h4-6H,3H2,1-2H3. The number of hydrogen-bond donors (Lipinski definition) is 0. The van der Waals surface area contributed by atoms with Crippen LogP contribution < -0.4 is 4.74 Å². The summed E-state index contributed by atoms with van der Waals surface area (Å²) in [7, 11) is 1.67. The van der Waals surface area contributed by atoms with E-state index in [0.717, 1.165) is 27.8 Å². The molecule has 1 aromatic heterocycles. The molecule has 4 heteroatoms. The lowest BCUT2D eigenvalue weighted by atomic mass is 10.2. The molecular formula is C10H11BrN2O. The van der Waals surface area contributed by atoms with Crippen LogP contribution >= 0.6 is 15.9 Å². The summed E-state index contributed by atoms with van der Waals surface area (Å²) in [6.07, 6.45) is 0. The summed E-state index contributed by atoms with van der Waals surface area (Å²) < 4.78 is 8.09.